The zero-order chi connectivity index (χ0) is 17.9. The first-order chi connectivity index (χ1) is 11.4. The summed E-state index contributed by atoms with van der Waals surface area (Å²) in [6, 6.07) is 14.5. The van der Waals surface area contributed by atoms with E-state index in [9.17, 15) is 9.59 Å². The first-order valence-corrected chi connectivity index (χ1v) is 6.99. The Kier molecular flexibility index (Phi) is 7.57. The Morgan fingerprint density at radius 2 is 1.67 bits per heavy atom. The standard InChI is InChI=1S/C11H12O3.C7H6O3/c1-3-11(12)14-9(2)13-10-7-5-4-6-8-10;8-6-3-1-5(2-4-6)7(9)10/h3-9H,1H2,2H3;1-4,8H,(H,9,10). The van der Waals surface area contributed by atoms with Gasteiger partial charge in [0.2, 0.25) is 6.29 Å². The van der Waals surface area contributed by atoms with Crippen molar-refractivity contribution in [2.45, 2.75) is 13.2 Å². The summed E-state index contributed by atoms with van der Waals surface area (Å²) in [4.78, 5) is 21.0. The van der Waals surface area contributed by atoms with E-state index < -0.39 is 18.2 Å². The fourth-order valence-corrected chi connectivity index (χ4v) is 1.53. The van der Waals surface area contributed by atoms with Gasteiger partial charge in [0.05, 0.1) is 5.56 Å². The lowest BCUT2D eigenvalue weighted by atomic mass is 10.2. The second kappa shape index (κ2) is 9.68. The highest BCUT2D eigenvalue weighted by Crippen LogP contribution is 2.11. The van der Waals surface area contributed by atoms with E-state index in [2.05, 4.69) is 6.58 Å². The number of esters is 1. The fraction of sp³-hybridized carbons (Fsp3) is 0.111. The fourth-order valence-electron chi connectivity index (χ4n) is 1.53. The van der Waals surface area contributed by atoms with Gasteiger partial charge in [0.1, 0.15) is 11.5 Å². The summed E-state index contributed by atoms with van der Waals surface area (Å²) < 4.78 is 10.1. The summed E-state index contributed by atoms with van der Waals surface area (Å²) in [5.41, 5.74) is 0.179. The van der Waals surface area contributed by atoms with Gasteiger partial charge in [0, 0.05) is 13.0 Å². The predicted molar refractivity (Wildman–Crippen MR) is 87.9 cm³/mol. The highest BCUT2D eigenvalue weighted by atomic mass is 16.7. The predicted octanol–water partition coefficient (Wildman–Crippen LogP) is 3.23. The molecular formula is C18H18O6. The maximum absolute atomic E-state index is 10.8. The van der Waals surface area contributed by atoms with E-state index in [-0.39, 0.29) is 11.3 Å². The molecule has 126 valence electrons. The smallest absolute Gasteiger partial charge is 0.335 e. The summed E-state index contributed by atoms with van der Waals surface area (Å²) in [5, 5.41) is 17.1. The minimum absolute atomic E-state index is 0.0741. The Bertz CT molecular complexity index is 664. The molecule has 24 heavy (non-hydrogen) atoms. The highest BCUT2D eigenvalue weighted by molar-refractivity contribution is 5.87. The Balaban J connectivity index is 0.000000254. The second-order valence-corrected chi connectivity index (χ2v) is 4.49. The molecule has 1 atom stereocenters. The molecule has 0 aliphatic carbocycles. The van der Waals surface area contributed by atoms with Crippen LogP contribution in [0.2, 0.25) is 0 Å². The third-order valence-electron chi connectivity index (χ3n) is 2.61. The topological polar surface area (TPSA) is 93.1 Å². The van der Waals surface area contributed by atoms with Gasteiger partial charge in [-0.1, -0.05) is 24.8 Å². The number of phenolic OH excluding ortho intramolecular Hbond substituents is 1. The molecule has 6 nitrogen and oxygen atoms in total. The lowest BCUT2D eigenvalue weighted by molar-refractivity contribution is -0.154. The number of carbonyl (C=O) groups excluding carboxylic acids is 1. The normalized spacial score (nSPS) is 10.5. The van der Waals surface area contributed by atoms with Crippen LogP contribution in [0.5, 0.6) is 11.5 Å². The molecule has 0 bridgehead atoms. The largest absolute Gasteiger partial charge is 0.508 e. The van der Waals surface area contributed by atoms with E-state index in [4.69, 9.17) is 19.7 Å². The monoisotopic (exact) mass is 330 g/mol. The van der Waals surface area contributed by atoms with E-state index in [0.717, 1.165) is 6.08 Å². The molecule has 6 heteroatoms. The quantitative estimate of drug-likeness (QED) is 0.497. The van der Waals surface area contributed by atoms with Crippen LogP contribution in [0.4, 0.5) is 0 Å². The summed E-state index contributed by atoms with van der Waals surface area (Å²) >= 11 is 0. The number of aromatic carboxylic acids is 1. The molecule has 2 rings (SSSR count). The first kappa shape index (κ1) is 18.8. The first-order valence-electron chi connectivity index (χ1n) is 6.99. The minimum atomic E-state index is -0.986. The van der Waals surface area contributed by atoms with Gasteiger partial charge in [-0.2, -0.15) is 0 Å². The van der Waals surface area contributed by atoms with E-state index in [1.165, 1.54) is 24.3 Å². The lowest BCUT2D eigenvalue weighted by Gasteiger charge is -2.13. The van der Waals surface area contributed by atoms with Crippen LogP contribution in [0.3, 0.4) is 0 Å². The van der Waals surface area contributed by atoms with Crippen LogP contribution in [0, 0.1) is 0 Å². The number of hydrogen-bond acceptors (Lipinski definition) is 5. The number of hydrogen-bond donors (Lipinski definition) is 2. The molecule has 2 N–H and O–H groups in total. The average Bonchev–Trinajstić information content (AvgIpc) is 2.56. The molecule has 0 saturated heterocycles. The van der Waals surface area contributed by atoms with E-state index >= 15 is 0 Å². The number of benzene rings is 2. The van der Waals surface area contributed by atoms with Crippen molar-refractivity contribution in [3.63, 3.8) is 0 Å². The maximum Gasteiger partial charge on any atom is 0.335 e. The van der Waals surface area contributed by atoms with Crippen LogP contribution in [0.1, 0.15) is 17.3 Å². The van der Waals surface area contributed by atoms with Crippen LogP contribution >= 0.6 is 0 Å². The Labute approximate surface area is 139 Å². The summed E-state index contributed by atoms with van der Waals surface area (Å²) in [6.07, 6.45) is 0.494. The van der Waals surface area contributed by atoms with Crippen LogP contribution in [-0.4, -0.2) is 28.4 Å². The maximum atomic E-state index is 10.8. The molecule has 0 aliphatic heterocycles. The van der Waals surface area contributed by atoms with E-state index in [0.29, 0.717) is 5.75 Å². The van der Waals surface area contributed by atoms with Crippen molar-refractivity contribution in [1.29, 1.82) is 0 Å². The lowest BCUT2D eigenvalue weighted by Crippen LogP contribution is -2.19. The van der Waals surface area contributed by atoms with E-state index in [1.54, 1.807) is 19.1 Å². The van der Waals surface area contributed by atoms with E-state index in [1.807, 2.05) is 18.2 Å². The third kappa shape index (κ3) is 7.13. The van der Waals surface area contributed by atoms with Crippen molar-refractivity contribution < 1.29 is 29.3 Å². The van der Waals surface area contributed by atoms with Gasteiger partial charge in [0.15, 0.2) is 0 Å². The van der Waals surface area contributed by atoms with Crippen LogP contribution < -0.4 is 4.74 Å². The van der Waals surface area contributed by atoms with Gasteiger partial charge >= 0.3 is 11.9 Å². The number of ether oxygens (including phenoxy) is 2. The summed E-state index contributed by atoms with van der Waals surface area (Å²) in [5.74, 6) is -0.740. The van der Waals surface area contributed by atoms with Gasteiger partial charge in [0.25, 0.3) is 0 Å². The zero-order valence-electron chi connectivity index (χ0n) is 13.1. The van der Waals surface area contributed by atoms with Crippen molar-refractivity contribution in [2.24, 2.45) is 0 Å². The van der Waals surface area contributed by atoms with Crippen molar-refractivity contribution >= 4 is 11.9 Å². The number of aromatic hydroxyl groups is 1. The van der Waals surface area contributed by atoms with Crippen molar-refractivity contribution in [3.8, 4) is 11.5 Å². The molecule has 1 unspecified atom stereocenters. The SMILES string of the molecule is C=CC(=O)OC(C)Oc1ccccc1.O=C(O)c1ccc(O)cc1. The molecule has 0 aromatic heterocycles. The van der Waals surface area contributed by atoms with Crippen LogP contribution in [0.25, 0.3) is 0 Å². The number of para-hydroxylation sites is 1. The molecule has 2 aromatic carbocycles. The number of carbonyl (C=O) groups is 2. The number of carboxylic acid groups (broad SMARTS) is 1. The Hall–Kier alpha value is -3.28. The number of phenols is 1. The van der Waals surface area contributed by atoms with Gasteiger partial charge in [-0.3, -0.25) is 0 Å². The molecular weight excluding hydrogens is 312 g/mol. The van der Waals surface area contributed by atoms with Crippen molar-refractivity contribution in [2.75, 3.05) is 0 Å². The number of rotatable bonds is 5. The van der Waals surface area contributed by atoms with Gasteiger partial charge in [-0.05, 0) is 36.4 Å². The zero-order valence-corrected chi connectivity index (χ0v) is 13.1. The molecule has 0 spiro atoms. The van der Waals surface area contributed by atoms with Gasteiger partial charge in [-0.15, -0.1) is 0 Å². The van der Waals surface area contributed by atoms with Crippen molar-refractivity contribution in [1.82, 2.24) is 0 Å². The second-order valence-electron chi connectivity index (χ2n) is 4.49. The summed E-state index contributed by atoms with van der Waals surface area (Å²) in [7, 11) is 0. The molecule has 0 aliphatic rings. The molecule has 0 fully saturated rings. The molecule has 2 aromatic rings. The number of carboxylic acids is 1. The average molecular weight is 330 g/mol. The molecule has 0 radical (unpaired) electrons. The molecule has 0 amide bonds. The Morgan fingerprint density at radius 1 is 1.08 bits per heavy atom. The highest BCUT2D eigenvalue weighted by Gasteiger charge is 2.06. The van der Waals surface area contributed by atoms with Gasteiger partial charge < -0.3 is 19.7 Å². The van der Waals surface area contributed by atoms with Crippen LogP contribution in [0.15, 0.2) is 67.3 Å². The van der Waals surface area contributed by atoms with Crippen molar-refractivity contribution in [3.05, 3.63) is 72.8 Å². The molecule has 0 saturated carbocycles. The van der Waals surface area contributed by atoms with Gasteiger partial charge in [-0.25, -0.2) is 9.59 Å². The Morgan fingerprint density at radius 3 is 2.17 bits per heavy atom. The minimum Gasteiger partial charge on any atom is -0.508 e. The summed E-state index contributed by atoms with van der Waals surface area (Å²) in [6.45, 7) is 4.94. The molecule has 0 heterocycles. The third-order valence-corrected chi connectivity index (χ3v) is 2.61. The van der Waals surface area contributed by atoms with Crippen LogP contribution in [-0.2, 0) is 9.53 Å².